The van der Waals surface area contributed by atoms with Crippen molar-refractivity contribution in [3.8, 4) is 0 Å². The Labute approximate surface area is 140 Å². The highest BCUT2D eigenvalue weighted by atomic mass is 35.5. The third-order valence-corrected chi connectivity index (χ3v) is 4.37. The smallest absolute Gasteiger partial charge is 0.364 e. The number of fused-ring (bicyclic) bond motifs is 1. The summed E-state index contributed by atoms with van der Waals surface area (Å²) in [5, 5.41) is 6.41. The molecule has 5 nitrogen and oxygen atoms in total. The number of halogens is 4. The Balaban J connectivity index is 2.08. The van der Waals surface area contributed by atoms with Crippen LogP contribution in [0, 0.1) is 6.92 Å². The highest BCUT2D eigenvalue weighted by Crippen LogP contribution is 2.46. The number of anilines is 1. The Morgan fingerprint density at radius 1 is 1.38 bits per heavy atom. The van der Waals surface area contributed by atoms with Crippen LogP contribution in [-0.4, -0.2) is 21.9 Å². The molecule has 1 aliphatic heterocycles. The average Bonchev–Trinajstić information content (AvgIpc) is 2.83. The number of aryl methyl sites for hydroxylation is 1. The third kappa shape index (κ3) is 2.82. The number of benzene rings is 1. The van der Waals surface area contributed by atoms with Gasteiger partial charge in [-0.3, -0.25) is 4.79 Å². The van der Waals surface area contributed by atoms with Gasteiger partial charge in [-0.15, -0.1) is 0 Å². The van der Waals surface area contributed by atoms with Crippen molar-refractivity contribution in [2.75, 3.05) is 5.32 Å². The first kappa shape index (κ1) is 16.6. The van der Waals surface area contributed by atoms with Crippen LogP contribution in [0.25, 0.3) is 0 Å². The fraction of sp³-hybridized carbons (Fsp3) is 0.333. The lowest BCUT2D eigenvalue weighted by atomic mass is 9.96. The number of carbonyl (C=O) groups excluding carboxylic acids is 1. The summed E-state index contributed by atoms with van der Waals surface area (Å²) in [5.74, 6) is -1.03. The molecule has 0 aliphatic carbocycles. The van der Waals surface area contributed by atoms with Crippen LogP contribution < -0.4 is 11.1 Å². The number of primary amides is 1. The molecule has 1 aliphatic rings. The molecule has 3 N–H and O–H groups in total. The zero-order valence-electron chi connectivity index (χ0n) is 12.6. The number of hydrogen-bond acceptors (Lipinski definition) is 3. The highest BCUT2D eigenvalue weighted by molar-refractivity contribution is 6.36. The standard InChI is InChI=1S/C15H14ClF3N4O/c1-7-2-4-8(5-3-7)9-6-10(15(17,18)19)23-14(21-9)11(16)12(22-23)13(20)24/h2-5,9-10,21H,6H2,1H3,(H2,20,24)/t9-,10-/m0/s1. The minimum Gasteiger partial charge on any atom is -0.364 e. The van der Waals surface area contributed by atoms with Gasteiger partial charge in [0.2, 0.25) is 0 Å². The quantitative estimate of drug-likeness (QED) is 0.861. The van der Waals surface area contributed by atoms with Gasteiger partial charge in [-0.2, -0.15) is 18.3 Å². The fourth-order valence-electron chi connectivity index (χ4n) is 2.76. The second kappa shape index (κ2) is 5.70. The van der Waals surface area contributed by atoms with Gasteiger partial charge in [0.05, 0.1) is 6.04 Å². The van der Waals surface area contributed by atoms with Crippen molar-refractivity contribution in [3.05, 3.63) is 46.1 Å². The molecular formula is C15H14ClF3N4O. The largest absolute Gasteiger partial charge is 0.410 e. The molecule has 1 aromatic carbocycles. The molecule has 0 spiro atoms. The summed E-state index contributed by atoms with van der Waals surface area (Å²) >= 11 is 6.02. The van der Waals surface area contributed by atoms with Gasteiger partial charge in [0.15, 0.2) is 11.7 Å². The second-order valence-electron chi connectivity index (χ2n) is 5.72. The Bertz CT molecular complexity index is 785. The van der Waals surface area contributed by atoms with E-state index in [1.807, 2.05) is 19.1 Å². The maximum absolute atomic E-state index is 13.5. The minimum atomic E-state index is -4.54. The topological polar surface area (TPSA) is 72.9 Å². The van der Waals surface area contributed by atoms with Crippen LogP contribution in [0.1, 0.15) is 40.1 Å². The number of nitrogens with two attached hydrogens (primary N) is 1. The maximum atomic E-state index is 13.5. The van der Waals surface area contributed by atoms with Crippen molar-refractivity contribution in [3.63, 3.8) is 0 Å². The number of carbonyl (C=O) groups is 1. The van der Waals surface area contributed by atoms with E-state index >= 15 is 0 Å². The maximum Gasteiger partial charge on any atom is 0.410 e. The molecule has 3 rings (SSSR count). The van der Waals surface area contributed by atoms with Gasteiger partial charge >= 0.3 is 6.18 Å². The van der Waals surface area contributed by atoms with Crippen molar-refractivity contribution >= 4 is 23.3 Å². The zero-order chi connectivity index (χ0) is 17.6. The van der Waals surface area contributed by atoms with Gasteiger partial charge in [0.25, 0.3) is 5.91 Å². The first-order chi connectivity index (χ1) is 11.2. The SMILES string of the molecule is Cc1ccc([C@@H]2C[C@@H](C(F)(F)F)n3nc(C(N)=O)c(Cl)c3N2)cc1. The minimum absolute atomic E-state index is 0.0513. The number of nitrogens with one attached hydrogen (secondary N) is 1. The number of hydrogen-bond donors (Lipinski definition) is 2. The van der Waals surface area contributed by atoms with E-state index < -0.39 is 24.2 Å². The van der Waals surface area contributed by atoms with Crippen LogP contribution in [0.5, 0.6) is 0 Å². The van der Waals surface area contributed by atoms with E-state index in [9.17, 15) is 18.0 Å². The van der Waals surface area contributed by atoms with Crippen LogP contribution >= 0.6 is 11.6 Å². The number of amides is 1. The van der Waals surface area contributed by atoms with Gasteiger partial charge in [-0.1, -0.05) is 41.4 Å². The summed E-state index contributed by atoms with van der Waals surface area (Å²) in [6.07, 6.45) is -4.81. The Hall–Kier alpha value is -2.22. The molecule has 1 aromatic heterocycles. The van der Waals surface area contributed by atoms with E-state index in [0.717, 1.165) is 5.56 Å². The van der Waals surface area contributed by atoms with Gasteiger partial charge in [-0.25, -0.2) is 4.68 Å². The summed E-state index contributed by atoms with van der Waals surface area (Å²) in [6, 6.07) is 4.65. The molecule has 0 saturated heterocycles. The van der Waals surface area contributed by atoms with Crippen molar-refractivity contribution < 1.29 is 18.0 Å². The summed E-state index contributed by atoms with van der Waals surface area (Å²) in [7, 11) is 0. The molecule has 9 heteroatoms. The van der Waals surface area contributed by atoms with Gasteiger partial charge in [0, 0.05) is 6.42 Å². The number of nitrogens with zero attached hydrogens (tertiary/aromatic N) is 2. The molecule has 24 heavy (non-hydrogen) atoms. The van der Waals surface area contributed by atoms with E-state index in [0.29, 0.717) is 10.2 Å². The van der Waals surface area contributed by atoms with Crippen LogP contribution in [0.3, 0.4) is 0 Å². The normalized spacial score (nSPS) is 20.4. The summed E-state index contributed by atoms with van der Waals surface area (Å²) in [6.45, 7) is 1.89. The number of rotatable bonds is 2. The van der Waals surface area contributed by atoms with Gasteiger partial charge < -0.3 is 11.1 Å². The second-order valence-corrected chi connectivity index (χ2v) is 6.10. The monoisotopic (exact) mass is 358 g/mol. The van der Waals surface area contributed by atoms with E-state index in [1.54, 1.807) is 12.1 Å². The van der Waals surface area contributed by atoms with Crippen molar-refractivity contribution in [1.29, 1.82) is 0 Å². The van der Waals surface area contributed by atoms with E-state index in [1.165, 1.54) is 0 Å². The lowest BCUT2D eigenvalue weighted by molar-refractivity contribution is -0.173. The molecule has 0 fully saturated rings. The summed E-state index contributed by atoms with van der Waals surface area (Å²) in [4.78, 5) is 11.3. The molecule has 0 saturated carbocycles. The Morgan fingerprint density at radius 3 is 2.54 bits per heavy atom. The van der Waals surface area contributed by atoms with E-state index in [2.05, 4.69) is 10.4 Å². The first-order valence-electron chi connectivity index (χ1n) is 7.16. The summed E-state index contributed by atoms with van der Waals surface area (Å²) < 4.78 is 41.1. The fourth-order valence-corrected chi connectivity index (χ4v) is 3.04. The van der Waals surface area contributed by atoms with Crippen LogP contribution in [0.15, 0.2) is 24.3 Å². The van der Waals surface area contributed by atoms with Gasteiger partial charge in [0.1, 0.15) is 10.8 Å². The molecule has 1 amide bonds. The van der Waals surface area contributed by atoms with Gasteiger partial charge in [-0.05, 0) is 12.5 Å². The van der Waals surface area contributed by atoms with Crippen molar-refractivity contribution in [1.82, 2.24) is 9.78 Å². The molecule has 2 heterocycles. The predicted octanol–water partition coefficient (Wildman–Crippen LogP) is 3.60. The molecule has 0 bridgehead atoms. The van der Waals surface area contributed by atoms with E-state index in [-0.39, 0.29) is 23.0 Å². The third-order valence-electron chi connectivity index (χ3n) is 4.01. The predicted molar refractivity (Wildman–Crippen MR) is 83.0 cm³/mol. The molecule has 0 unspecified atom stereocenters. The lowest BCUT2D eigenvalue weighted by Gasteiger charge is -2.33. The zero-order valence-corrected chi connectivity index (χ0v) is 13.3. The van der Waals surface area contributed by atoms with Crippen molar-refractivity contribution in [2.24, 2.45) is 5.73 Å². The first-order valence-corrected chi connectivity index (χ1v) is 7.54. The molecule has 2 aromatic rings. The lowest BCUT2D eigenvalue weighted by Crippen LogP contribution is -2.35. The van der Waals surface area contributed by atoms with Crippen LogP contribution in [-0.2, 0) is 0 Å². The molecule has 0 radical (unpaired) electrons. The molecule has 128 valence electrons. The van der Waals surface area contributed by atoms with Crippen molar-refractivity contribution in [2.45, 2.75) is 31.6 Å². The Morgan fingerprint density at radius 2 is 2.00 bits per heavy atom. The van der Waals surface area contributed by atoms with E-state index in [4.69, 9.17) is 17.3 Å². The number of alkyl halides is 3. The molecule has 2 atom stereocenters. The Kier molecular flexibility index (Phi) is 3.95. The molecular weight excluding hydrogens is 345 g/mol. The van der Waals surface area contributed by atoms with Crippen LogP contribution in [0.2, 0.25) is 5.02 Å². The summed E-state index contributed by atoms with van der Waals surface area (Å²) in [5.41, 5.74) is 6.45. The highest BCUT2D eigenvalue weighted by Gasteiger charge is 2.47. The van der Waals surface area contributed by atoms with Crippen LogP contribution in [0.4, 0.5) is 19.0 Å². The average molecular weight is 359 g/mol. The number of aromatic nitrogens is 2.